The summed E-state index contributed by atoms with van der Waals surface area (Å²) >= 11 is 0. The molecule has 1 atom stereocenters. The fraction of sp³-hybridized carbons (Fsp3) is 0.333. The Balaban J connectivity index is 1.51. The average Bonchev–Trinajstić information content (AvgIpc) is 2.84. The van der Waals surface area contributed by atoms with Crippen molar-refractivity contribution >= 4 is 17.6 Å². The Morgan fingerprint density at radius 2 is 1.64 bits per heavy atom. The third kappa shape index (κ3) is 7.95. The molecule has 190 valence electrons. The van der Waals surface area contributed by atoms with E-state index in [0.717, 1.165) is 16.8 Å². The van der Waals surface area contributed by atoms with Gasteiger partial charge in [-0.15, -0.1) is 0 Å². The van der Waals surface area contributed by atoms with Gasteiger partial charge in [-0.05, 0) is 65.4 Å². The van der Waals surface area contributed by atoms with E-state index >= 15 is 0 Å². The SMILES string of the molecule is CCOC(Cc1ccc(OCCc2cccc(NC(=O)c3ccc(C(C)(C)C)cc3)c2)cc1)C(=O)O. The van der Waals surface area contributed by atoms with Crippen LogP contribution in [0, 0.1) is 0 Å². The summed E-state index contributed by atoms with van der Waals surface area (Å²) in [6.45, 7) is 9.05. The number of benzene rings is 3. The number of carbonyl (C=O) groups is 2. The van der Waals surface area contributed by atoms with Crippen LogP contribution >= 0.6 is 0 Å². The van der Waals surface area contributed by atoms with Crippen molar-refractivity contribution in [1.29, 1.82) is 0 Å². The summed E-state index contributed by atoms with van der Waals surface area (Å²) in [6, 6.07) is 22.8. The maximum absolute atomic E-state index is 12.7. The smallest absolute Gasteiger partial charge is 0.333 e. The molecule has 0 aromatic heterocycles. The van der Waals surface area contributed by atoms with Crippen molar-refractivity contribution < 1.29 is 24.2 Å². The van der Waals surface area contributed by atoms with Crippen LogP contribution < -0.4 is 10.1 Å². The van der Waals surface area contributed by atoms with E-state index < -0.39 is 12.1 Å². The number of carboxylic acid groups (broad SMARTS) is 1. The number of ether oxygens (including phenoxy) is 2. The van der Waals surface area contributed by atoms with Gasteiger partial charge in [0.05, 0.1) is 6.61 Å². The molecule has 0 radical (unpaired) electrons. The predicted molar refractivity (Wildman–Crippen MR) is 142 cm³/mol. The first-order valence-corrected chi connectivity index (χ1v) is 12.2. The van der Waals surface area contributed by atoms with Crippen molar-refractivity contribution in [2.75, 3.05) is 18.5 Å². The van der Waals surface area contributed by atoms with Gasteiger partial charge in [0.25, 0.3) is 5.91 Å². The topological polar surface area (TPSA) is 84.9 Å². The lowest BCUT2D eigenvalue weighted by Crippen LogP contribution is -2.26. The van der Waals surface area contributed by atoms with Gasteiger partial charge in [-0.2, -0.15) is 0 Å². The minimum absolute atomic E-state index is 0.0421. The largest absolute Gasteiger partial charge is 0.493 e. The Bertz CT molecular complexity index is 1150. The van der Waals surface area contributed by atoms with E-state index in [0.29, 0.717) is 37.4 Å². The van der Waals surface area contributed by atoms with Gasteiger partial charge in [-0.1, -0.05) is 57.2 Å². The normalized spacial score (nSPS) is 12.1. The number of anilines is 1. The third-order valence-corrected chi connectivity index (χ3v) is 5.85. The van der Waals surface area contributed by atoms with Crippen LogP contribution in [0.2, 0.25) is 0 Å². The van der Waals surface area contributed by atoms with Crippen molar-refractivity contribution in [3.8, 4) is 5.75 Å². The molecule has 1 unspecified atom stereocenters. The molecule has 3 rings (SSSR count). The number of rotatable bonds is 11. The lowest BCUT2D eigenvalue weighted by Gasteiger charge is -2.19. The minimum atomic E-state index is -0.964. The Morgan fingerprint density at radius 1 is 0.944 bits per heavy atom. The van der Waals surface area contributed by atoms with Crippen LogP contribution in [0.25, 0.3) is 0 Å². The molecule has 6 heteroatoms. The molecule has 36 heavy (non-hydrogen) atoms. The summed E-state index contributed by atoms with van der Waals surface area (Å²) in [5, 5.41) is 12.2. The van der Waals surface area contributed by atoms with Gasteiger partial charge in [-0.25, -0.2) is 4.79 Å². The highest BCUT2D eigenvalue weighted by atomic mass is 16.5. The van der Waals surface area contributed by atoms with E-state index in [9.17, 15) is 14.7 Å². The van der Waals surface area contributed by atoms with Crippen molar-refractivity contribution in [3.05, 3.63) is 95.1 Å². The number of hydrogen-bond donors (Lipinski definition) is 2. The van der Waals surface area contributed by atoms with Crippen LogP contribution in [0.5, 0.6) is 5.75 Å². The van der Waals surface area contributed by atoms with Gasteiger partial charge in [0.1, 0.15) is 5.75 Å². The first kappa shape index (κ1) is 27.0. The zero-order valence-electron chi connectivity index (χ0n) is 21.4. The van der Waals surface area contributed by atoms with E-state index in [1.807, 2.05) is 72.8 Å². The number of amides is 1. The quantitative estimate of drug-likeness (QED) is 0.351. The van der Waals surface area contributed by atoms with Crippen LogP contribution in [0.4, 0.5) is 5.69 Å². The van der Waals surface area contributed by atoms with Crippen LogP contribution in [-0.4, -0.2) is 36.3 Å². The minimum Gasteiger partial charge on any atom is -0.493 e. The second kappa shape index (κ2) is 12.4. The van der Waals surface area contributed by atoms with E-state index in [-0.39, 0.29) is 11.3 Å². The zero-order chi connectivity index (χ0) is 26.1. The summed E-state index contributed by atoms with van der Waals surface area (Å²) in [6.07, 6.45) is 0.136. The van der Waals surface area contributed by atoms with E-state index in [2.05, 4.69) is 26.1 Å². The van der Waals surface area contributed by atoms with Crippen LogP contribution in [0.3, 0.4) is 0 Å². The summed E-state index contributed by atoms with van der Waals surface area (Å²) < 4.78 is 11.1. The zero-order valence-corrected chi connectivity index (χ0v) is 21.4. The molecule has 6 nitrogen and oxygen atoms in total. The number of nitrogens with one attached hydrogen (secondary N) is 1. The van der Waals surface area contributed by atoms with Crippen molar-refractivity contribution in [1.82, 2.24) is 0 Å². The molecule has 2 N–H and O–H groups in total. The van der Waals surface area contributed by atoms with Gasteiger partial charge in [0.15, 0.2) is 6.10 Å². The Morgan fingerprint density at radius 3 is 2.25 bits per heavy atom. The van der Waals surface area contributed by atoms with Gasteiger partial charge < -0.3 is 19.9 Å². The molecular formula is C30H35NO5. The Hall–Kier alpha value is -3.64. The summed E-state index contributed by atoms with van der Waals surface area (Å²) in [5.41, 5.74) is 4.51. The molecule has 3 aromatic carbocycles. The monoisotopic (exact) mass is 489 g/mol. The van der Waals surface area contributed by atoms with E-state index in [1.165, 1.54) is 5.56 Å². The maximum Gasteiger partial charge on any atom is 0.333 e. The molecular weight excluding hydrogens is 454 g/mol. The van der Waals surface area contributed by atoms with Crippen LogP contribution in [0.15, 0.2) is 72.8 Å². The number of carbonyl (C=O) groups excluding carboxylic acids is 1. The molecule has 0 saturated heterocycles. The third-order valence-electron chi connectivity index (χ3n) is 5.85. The second-order valence-corrected chi connectivity index (χ2v) is 9.71. The number of carboxylic acids is 1. The molecule has 0 fully saturated rings. The lowest BCUT2D eigenvalue weighted by atomic mass is 9.87. The lowest BCUT2D eigenvalue weighted by molar-refractivity contribution is -0.149. The highest BCUT2D eigenvalue weighted by molar-refractivity contribution is 6.04. The highest BCUT2D eigenvalue weighted by Crippen LogP contribution is 2.23. The van der Waals surface area contributed by atoms with E-state index in [4.69, 9.17) is 9.47 Å². The molecule has 0 aliphatic carbocycles. The maximum atomic E-state index is 12.7. The number of hydrogen-bond acceptors (Lipinski definition) is 4. The summed E-state index contributed by atoms with van der Waals surface area (Å²) in [5.74, 6) is -0.391. The molecule has 1 amide bonds. The summed E-state index contributed by atoms with van der Waals surface area (Å²) in [4.78, 5) is 23.9. The van der Waals surface area contributed by atoms with Crippen molar-refractivity contribution in [2.24, 2.45) is 0 Å². The van der Waals surface area contributed by atoms with Gasteiger partial charge >= 0.3 is 5.97 Å². The van der Waals surface area contributed by atoms with Gasteiger partial charge in [-0.3, -0.25) is 4.79 Å². The van der Waals surface area contributed by atoms with Crippen molar-refractivity contribution in [2.45, 2.75) is 52.1 Å². The molecule has 0 bridgehead atoms. The standard InChI is InChI=1S/C30H35NO5/c1-5-35-27(29(33)34)20-22-9-15-26(16-10-22)36-18-17-21-7-6-8-25(19-21)31-28(32)23-11-13-24(14-12-23)30(2,3)4/h6-16,19,27H,5,17-18,20H2,1-4H3,(H,31,32)(H,33,34). The average molecular weight is 490 g/mol. The molecule has 0 aliphatic rings. The number of aliphatic carboxylic acids is 1. The molecule has 0 spiro atoms. The Kier molecular flexibility index (Phi) is 9.25. The Labute approximate surface area is 213 Å². The fourth-order valence-corrected chi connectivity index (χ4v) is 3.77. The first-order chi connectivity index (χ1) is 17.2. The molecule has 0 saturated carbocycles. The first-order valence-electron chi connectivity index (χ1n) is 12.2. The van der Waals surface area contributed by atoms with E-state index in [1.54, 1.807) is 6.92 Å². The summed E-state index contributed by atoms with van der Waals surface area (Å²) in [7, 11) is 0. The van der Waals surface area contributed by atoms with Crippen LogP contribution in [0.1, 0.15) is 54.7 Å². The highest BCUT2D eigenvalue weighted by Gasteiger charge is 2.18. The van der Waals surface area contributed by atoms with Crippen LogP contribution in [-0.2, 0) is 27.8 Å². The second-order valence-electron chi connectivity index (χ2n) is 9.71. The predicted octanol–water partition coefficient (Wildman–Crippen LogP) is 5.89. The molecule has 3 aromatic rings. The van der Waals surface area contributed by atoms with Gasteiger partial charge in [0.2, 0.25) is 0 Å². The fourth-order valence-electron chi connectivity index (χ4n) is 3.77. The molecule has 0 heterocycles. The van der Waals surface area contributed by atoms with Gasteiger partial charge in [0, 0.05) is 30.7 Å². The van der Waals surface area contributed by atoms with Crippen molar-refractivity contribution in [3.63, 3.8) is 0 Å². The molecule has 0 aliphatic heterocycles.